The van der Waals surface area contributed by atoms with Crippen molar-refractivity contribution in [1.29, 1.82) is 0 Å². The van der Waals surface area contributed by atoms with Gasteiger partial charge in [-0.1, -0.05) is 17.7 Å². The van der Waals surface area contributed by atoms with E-state index in [0.29, 0.717) is 43.2 Å². The van der Waals surface area contributed by atoms with Gasteiger partial charge < -0.3 is 14.4 Å². The largest absolute Gasteiger partial charge is 0.497 e. The smallest absolute Gasteiger partial charge is 0.243 e. The molecule has 2 aromatic carbocycles. The Morgan fingerprint density at radius 3 is 2.71 bits per heavy atom. The van der Waals surface area contributed by atoms with Crippen LogP contribution in [0.2, 0.25) is 5.02 Å². The Kier molecular flexibility index (Phi) is 7.46. The summed E-state index contributed by atoms with van der Waals surface area (Å²) in [6.07, 6.45) is 1.23. The number of hydrogen-bond donors (Lipinski definition) is 0. The first kappa shape index (κ1) is 23.4. The van der Waals surface area contributed by atoms with Crippen molar-refractivity contribution in [2.75, 3.05) is 38.8 Å². The molecule has 2 aromatic rings. The molecule has 1 fully saturated rings. The number of rotatable bonds is 7. The molecule has 7 nitrogen and oxygen atoms in total. The van der Waals surface area contributed by atoms with Gasteiger partial charge in [0, 0.05) is 31.9 Å². The fraction of sp³-hybridized carbons (Fsp3) is 0.409. The Hall–Kier alpha value is -2.29. The number of methoxy groups -OCH3 is 1. The molecule has 0 bridgehead atoms. The van der Waals surface area contributed by atoms with Crippen molar-refractivity contribution >= 4 is 33.2 Å². The fourth-order valence-corrected chi connectivity index (χ4v) is 5.50. The Morgan fingerprint density at radius 1 is 1.26 bits per heavy atom. The number of carbonyl (C=O) groups excluding carboxylic acids is 1. The summed E-state index contributed by atoms with van der Waals surface area (Å²) >= 11 is 6.19. The molecule has 1 aliphatic rings. The van der Waals surface area contributed by atoms with E-state index in [4.69, 9.17) is 21.1 Å². The van der Waals surface area contributed by atoms with E-state index in [9.17, 15) is 13.2 Å². The Labute approximate surface area is 188 Å². The normalized spacial score (nSPS) is 17.2. The Morgan fingerprint density at radius 2 is 2.03 bits per heavy atom. The van der Waals surface area contributed by atoms with E-state index >= 15 is 0 Å². The third-order valence-corrected chi connectivity index (χ3v) is 7.50. The van der Waals surface area contributed by atoms with Gasteiger partial charge in [-0.15, -0.1) is 0 Å². The molecular formula is C22H27ClN2O5S. The van der Waals surface area contributed by atoms with Crippen LogP contribution in [0.4, 0.5) is 5.69 Å². The lowest BCUT2D eigenvalue weighted by Crippen LogP contribution is -2.45. The van der Waals surface area contributed by atoms with Gasteiger partial charge in [0.2, 0.25) is 15.9 Å². The molecule has 0 aliphatic carbocycles. The summed E-state index contributed by atoms with van der Waals surface area (Å²) in [5.74, 6) is 0.530. The zero-order valence-corrected chi connectivity index (χ0v) is 19.4. The van der Waals surface area contributed by atoms with Crippen LogP contribution < -0.4 is 14.4 Å². The maximum absolute atomic E-state index is 13.2. The predicted octanol–water partition coefficient (Wildman–Crippen LogP) is 3.81. The average Bonchev–Trinajstić information content (AvgIpc) is 2.79. The second kappa shape index (κ2) is 9.89. The number of anilines is 1. The molecule has 1 unspecified atom stereocenters. The standard InChI is InChI=1S/C22H27ClN2O5S/c1-4-30-21-11-10-19(14-20(21)23)31(27,28)25-12-6-7-16(15-25)22(26)24(2)17-8-5-9-18(13-17)29-3/h5,8-11,13-14,16H,4,6-7,12,15H2,1-3H3. The molecule has 1 aliphatic heterocycles. The molecule has 1 atom stereocenters. The third kappa shape index (κ3) is 5.14. The number of nitrogens with zero attached hydrogens (tertiary/aromatic N) is 2. The molecule has 1 heterocycles. The van der Waals surface area contributed by atoms with Crippen molar-refractivity contribution in [3.05, 3.63) is 47.5 Å². The fourth-order valence-electron chi connectivity index (χ4n) is 3.65. The van der Waals surface area contributed by atoms with Crippen molar-refractivity contribution < 1.29 is 22.7 Å². The highest BCUT2D eigenvalue weighted by molar-refractivity contribution is 7.89. The van der Waals surface area contributed by atoms with E-state index < -0.39 is 15.9 Å². The highest BCUT2D eigenvalue weighted by atomic mass is 35.5. The molecule has 0 N–H and O–H groups in total. The van der Waals surface area contributed by atoms with Gasteiger partial charge in [-0.2, -0.15) is 4.31 Å². The number of halogens is 1. The van der Waals surface area contributed by atoms with Crippen molar-refractivity contribution in [2.45, 2.75) is 24.7 Å². The Bertz CT molecular complexity index is 1040. The van der Waals surface area contributed by atoms with E-state index in [1.165, 1.54) is 16.4 Å². The molecule has 31 heavy (non-hydrogen) atoms. The minimum Gasteiger partial charge on any atom is -0.497 e. The van der Waals surface area contributed by atoms with Crippen molar-refractivity contribution in [1.82, 2.24) is 4.31 Å². The summed E-state index contributed by atoms with van der Waals surface area (Å²) in [5.41, 5.74) is 0.697. The lowest BCUT2D eigenvalue weighted by molar-refractivity contribution is -0.123. The molecule has 9 heteroatoms. The first-order valence-electron chi connectivity index (χ1n) is 10.1. The van der Waals surface area contributed by atoms with Crippen LogP contribution in [0.5, 0.6) is 11.5 Å². The number of carbonyl (C=O) groups is 1. The lowest BCUT2D eigenvalue weighted by Gasteiger charge is -2.33. The molecule has 0 spiro atoms. The van der Waals surface area contributed by atoms with Crippen LogP contribution in [0.1, 0.15) is 19.8 Å². The van der Waals surface area contributed by atoms with Crippen LogP contribution in [0, 0.1) is 5.92 Å². The van der Waals surface area contributed by atoms with Gasteiger partial charge in [0.25, 0.3) is 0 Å². The van der Waals surface area contributed by atoms with E-state index in [-0.39, 0.29) is 22.4 Å². The van der Waals surface area contributed by atoms with Crippen LogP contribution in [0.15, 0.2) is 47.4 Å². The molecule has 3 rings (SSSR count). The molecule has 0 saturated carbocycles. The SMILES string of the molecule is CCOc1ccc(S(=O)(=O)N2CCCC(C(=O)N(C)c3cccc(OC)c3)C2)cc1Cl. The minimum atomic E-state index is -3.78. The number of sulfonamides is 1. The van der Waals surface area contributed by atoms with Crippen LogP contribution >= 0.6 is 11.6 Å². The topological polar surface area (TPSA) is 76.2 Å². The number of hydrogen-bond acceptors (Lipinski definition) is 5. The highest BCUT2D eigenvalue weighted by Crippen LogP contribution is 2.31. The summed E-state index contributed by atoms with van der Waals surface area (Å²) < 4.78 is 38.3. The number of amides is 1. The molecule has 0 aromatic heterocycles. The van der Waals surface area contributed by atoms with Crippen molar-refractivity contribution in [2.24, 2.45) is 5.92 Å². The van der Waals surface area contributed by atoms with E-state index in [1.807, 2.05) is 19.1 Å². The van der Waals surface area contributed by atoms with Gasteiger partial charge >= 0.3 is 0 Å². The summed E-state index contributed by atoms with van der Waals surface area (Å²) in [4.78, 5) is 14.7. The van der Waals surface area contributed by atoms with Crippen LogP contribution in [-0.4, -0.2) is 52.5 Å². The van der Waals surface area contributed by atoms with Gasteiger partial charge in [0.15, 0.2) is 0 Å². The maximum atomic E-state index is 13.2. The molecular weight excluding hydrogens is 440 g/mol. The van der Waals surface area contributed by atoms with Crippen LogP contribution in [0.3, 0.4) is 0 Å². The second-order valence-corrected chi connectivity index (χ2v) is 9.67. The summed E-state index contributed by atoms with van der Waals surface area (Å²) in [6, 6.07) is 11.7. The van der Waals surface area contributed by atoms with Gasteiger partial charge in [-0.05, 0) is 50.1 Å². The first-order valence-corrected chi connectivity index (χ1v) is 11.9. The van der Waals surface area contributed by atoms with Gasteiger partial charge in [-0.3, -0.25) is 4.79 Å². The molecule has 168 valence electrons. The average molecular weight is 467 g/mol. The first-order chi connectivity index (χ1) is 14.8. The molecule has 0 radical (unpaired) electrons. The van der Waals surface area contributed by atoms with Crippen LogP contribution in [0.25, 0.3) is 0 Å². The monoisotopic (exact) mass is 466 g/mol. The zero-order valence-electron chi connectivity index (χ0n) is 17.9. The summed E-state index contributed by atoms with van der Waals surface area (Å²) in [6.45, 7) is 2.75. The van der Waals surface area contributed by atoms with Gasteiger partial charge in [0.1, 0.15) is 11.5 Å². The zero-order chi connectivity index (χ0) is 22.6. The molecule has 1 saturated heterocycles. The van der Waals surface area contributed by atoms with Crippen LogP contribution in [-0.2, 0) is 14.8 Å². The number of benzene rings is 2. The van der Waals surface area contributed by atoms with E-state index in [0.717, 1.165) is 0 Å². The highest BCUT2D eigenvalue weighted by Gasteiger charge is 2.35. The summed E-state index contributed by atoms with van der Waals surface area (Å²) in [5, 5.41) is 0.241. The predicted molar refractivity (Wildman–Crippen MR) is 121 cm³/mol. The van der Waals surface area contributed by atoms with Crippen molar-refractivity contribution in [3.63, 3.8) is 0 Å². The summed E-state index contributed by atoms with van der Waals surface area (Å²) in [7, 11) is -0.522. The third-order valence-electron chi connectivity index (χ3n) is 5.35. The molecule has 1 amide bonds. The van der Waals surface area contributed by atoms with Gasteiger partial charge in [-0.25, -0.2) is 8.42 Å². The maximum Gasteiger partial charge on any atom is 0.243 e. The minimum absolute atomic E-state index is 0.0928. The lowest BCUT2D eigenvalue weighted by atomic mass is 9.98. The quantitative estimate of drug-likeness (QED) is 0.620. The number of piperidine rings is 1. The second-order valence-electron chi connectivity index (χ2n) is 7.33. The van der Waals surface area contributed by atoms with E-state index in [2.05, 4.69) is 0 Å². The Balaban J connectivity index is 1.77. The van der Waals surface area contributed by atoms with E-state index in [1.54, 1.807) is 37.3 Å². The van der Waals surface area contributed by atoms with Crippen molar-refractivity contribution in [3.8, 4) is 11.5 Å². The van der Waals surface area contributed by atoms with Gasteiger partial charge in [0.05, 0.1) is 29.6 Å². The number of ether oxygens (including phenoxy) is 2.